The van der Waals surface area contributed by atoms with E-state index in [0.29, 0.717) is 6.04 Å². The highest BCUT2D eigenvalue weighted by molar-refractivity contribution is 8.13. The minimum atomic E-state index is 0.113. The predicted molar refractivity (Wildman–Crippen MR) is 118 cm³/mol. The third-order valence-corrected chi connectivity index (χ3v) is 6.85. The highest BCUT2D eigenvalue weighted by Crippen LogP contribution is 2.28. The van der Waals surface area contributed by atoms with Gasteiger partial charge in [-0.1, -0.05) is 41.7 Å². The Hall–Kier alpha value is -1.09. The van der Waals surface area contributed by atoms with Crippen molar-refractivity contribution in [3.8, 4) is 0 Å². The highest BCUT2D eigenvalue weighted by atomic mass is 35.5. The van der Waals surface area contributed by atoms with Gasteiger partial charge >= 0.3 is 0 Å². The second-order valence-electron chi connectivity index (χ2n) is 7.65. The monoisotopic (exact) mass is 387 g/mol. The molecule has 0 aliphatic carbocycles. The highest BCUT2D eigenvalue weighted by Gasteiger charge is 2.28. The van der Waals surface area contributed by atoms with Crippen LogP contribution in [0.25, 0.3) is 0 Å². The summed E-state index contributed by atoms with van der Waals surface area (Å²) in [6.07, 6.45) is 7.06. The summed E-state index contributed by atoms with van der Waals surface area (Å²) in [4.78, 5) is 4.01. The Labute approximate surface area is 166 Å². The summed E-state index contributed by atoms with van der Waals surface area (Å²) >= 11 is 6.10. The molecule has 2 aromatic rings. The zero-order chi connectivity index (χ0) is 18.5. The topological polar surface area (TPSA) is 3.24 Å². The van der Waals surface area contributed by atoms with Crippen LogP contribution in [0, 0.1) is 5.92 Å². The predicted octanol–water partition coefficient (Wildman–Crippen LogP) is 5.92. The van der Waals surface area contributed by atoms with E-state index in [1.807, 2.05) is 6.07 Å². The number of likely N-dealkylation sites (tertiary alicyclic amines) is 1. The number of hydrogen-bond acceptors (Lipinski definition) is 1. The summed E-state index contributed by atoms with van der Waals surface area (Å²) in [7, 11) is 0.113. The first-order valence-corrected chi connectivity index (χ1v) is 11.7. The summed E-state index contributed by atoms with van der Waals surface area (Å²) in [5.74, 6) is 4.94. The maximum absolute atomic E-state index is 6.10. The number of benzene rings is 2. The Morgan fingerprint density at radius 1 is 1.12 bits per heavy atom. The summed E-state index contributed by atoms with van der Waals surface area (Å²) < 4.78 is 0. The molecule has 0 spiro atoms. The standard InChI is InChI=1S/C23H30ClNS/c1-18-15-21(8-7-19-9-11-23(12-10-19)26(2)3)17-25(18)14-13-20-5-4-6-22(24)16-20/h4-6,9-12,16,18,21H,2,7-8,13-15,17H2,1,3H3. The van der Waals surface area contributed by atoms with Crippen LogP contribution in [0.5, 0.6) is 0 Å². The molecule has 0 saturated carbocycles. The second kappa shape index (κ2) is 9.21. The van der Waals surface area contributed by atoms with E-state index in [9.17, 15) is 0 Å². The number of hydrogen-bond donors (Lipinski definition) is 0. The van der Waals surface area contributed by atoms with Crippen molar-refractivity contribution in [2.24, 2.45) is 5.92 Å². The third kappa shape index (κ3) is 5.45. The second-order valence-corrected chi connectivity index (χ2v) is 9.83. The molecule has 0 N–H and O–H groups in total. The molecule has 0 aromatic heterocycles. The molecule has 3 rings (SSSR count). The van der Waals surface area contributed by atoms with Gasteiger partial charge in [-0.05, 0) is 80.2 Å². The maximum Gasteiger partial charge on any atom is 0.0408 e. The van der Waals surface area contributed by atoms with Gasteiger partial charge in [0.15, 0.2) is 0 Å². The van der Waals surface area contributed by atoms with Crippen molar-refractivity contribution in [3.63, 3.8) is 0 Å². The molecular weight excluding hydrogens is 358 g/mol. The van der Waals surface area contributed by atoms with Gasteiger partial charge in [-0.2, -0.15) is 10.5 Å². The zero-order valence-corrected chi connectivity index (χ0v) is 17.5. The average Bonchev–Trinajstić information content (AvgIpc) is 2.98. The van der Waals surface area contributed by atoms with Crippen molar-refractivity contribution >= 4 is 28.0 Å². The molecular formula is C23H30ClNS. The molecule has 1 fully saturated rings. The summed E-state index contributed by atoms with van der Waals surface area (Å²) in [5, 5.41) is 0.842. The minimum absolute atomic E-state index is 0.113. The van der Waals surface area contributed by atoms with E-state index < -0.39 is 0 Å². The van der Waals surface area contributed by atoms with Crippen molar-refractivity contribution in [3.05, 3.63) is 64.7 Å². The van der Waals surface area contributed by atoms with Crippen LogP contribution in [0.15, 0.2) is 53.4 Å². The summed E-state index contributed by atoms with van der Waals surface area (Å²) in [5.41, 5.74) is 2.80. The van der Waals surface area contributed by atoms with Crippen LogP contribution in [0.3, 0.4) is 0 Å². The van der Waals surface area contributed by atoms with Crippen LogP contribution < -0.4 is 0 Å². The van der Waals surface area contributed by atoms with Gasteiger partial charge in [0, 0.05) is 29.0 Å². The quantitative estimate of drug-likeness (QED) is 0.533. The first-order chi connectivity index (χ1) is 12.5. The Balaban J connectivity index is 1.46. The number of rotatable bonds is 7. The van der Waals surface area contributed by atoms with Crippen molar-refractivity contribution in [2.45, 2.75) is 43.5 Å². The first-order valence-electron chi connectivity index (χ1n) is 9.54. The van der Waals surface area contributed by atoms with Gasteiger partial charge in [-0.3, -0.25) is 0 Å². The smallest absolute Gasteiger partial charge is 0.0408 e. The third-order valence-electron chi connectivity index (χ3n) is 5.53. The first kappa shape index (κ1) is 19.7. The van der Waals surface area contributed by atoms with E-state index in [-0.39, 0.29) is 10.5 Å². The van der Waals surface area contributed by atoms with E-state index in [4.69, 9.17) is 11.6 Å². The molecule has 0 bridgehead atoms. The number of aryl methyl sites for hydroxylation is 1. The van der Waals surface area contributed by atoms with E-state index >= 15 is 0 Å². The van der Waals surface area contributed by atoms with Crippen molar-refractivity contribution in [1.82, 2.24) is 4.90 Å². The lowest BCUT2D eigenvalue weighted by Crippen LogP contribution is -2.29. The Morgan fingerprint density at radius 2 is 1.88 bits per heavy atom. The van der Waals surface area contributed by atoms with Crippen LogP contribution in [0.2, 0.25) is 5.02 Å². The molecule has 1 nitrogen and oxygen atoms in total. The molecule has 2 aromatic carbocycles. The number of halogens is 1. The van der Waals surface area contributed by atoms with Crippen LogP contribution in [-0.2, 0) is 12.8 Å². The summed E-state index contributed by atoms with van der Waals surface area (Å²) in [6.45, 7) is 4.75. The molecule has 0 radical (unpaired) electrons. The molecule has 1 heterocycles. The van der Waals surface area contributed by atoms with Crippen molar-refractivity contribution in [1.29, 1.82) is 0 Å². The largest absolute Gasteiger partial charge is 0.300 e. The van der Waals surface area contributed by atoms with Gasteiger partial charge in [0.25, 0.3) is 0 Å². The van der Waals surface area contributed by atoms with Gasteiger partial charge in [0.05, 0.1) is 0 Å². The van der Waals surface area contributed by atoms with Gasteiger partial charge in [-0.25, -0.2) is 0 Å². The fourth-order valence-electron chi connectivity index (χ4n) is 3.96. The molecule has 1 saturated heterocycles. The average molecular weight is 388 g/mol. The zero-order valence-electron chi connectivity index (χ0n) is 16.0. The normalized spacial score (nSPS) is 21.8. The van der Waals surface area contributed by atoms with Gasteiger partial charge in [-0.15, -0.1) is 0 Å². The van der Waals surface area contributed by atoms with E-state index in [1.54, 1.807) is 0 Å². The van der Waals surface area contributed by atoms with Gasteiger partial charge in [0.2, 0.25) is 0 Å². The Bertz CT molecular complexity index is 740. The lowest BCUT2D eigenvalue weighted by molar-refractivity contribution is 0.266. The van der Waals surface area contributed by atoms with E-state index in [0.717, 1.165) is 23.9 Å². The maximum atomic E-state index is 6.10. The lowest BCUT2D eigenvalue weighted by Gasteiger charge is -2.21. The molecule has 26 heavy (non-hydrogen) atoms. The molecule has 3 atom stereocenters. The van der Waals surface area contributed by atoms with E-state index in [1.165, 1.54) is 41.8 Å². The van der Waals surface area contributed by atoms with Crippen LogP contribution in [0.1, 0.15) is 30.9 Å². The SMILES string of the molecule is C=S(C)c1ccc(CCC2CC(C)N(CCc3cccc(Cl)c3)C2)cc1. The minimum Gasteiger partial charge on any atom is -0.300 e. The Morgan fingerprint density at radius 3 is 2.58 bits per heavy atom. The fraction of sp³-hybridized carbons (Fsp3) is 0.435. The van der Waals surface area contributed by atoms with Crippen molar-refractivity contribution in [2.75, 3.05) is 19.3 Å². The van der Waals surface area contributed by atoms with E-state index in [2.05, 4.69) is 66.4 Å². The molecule has 1 aliphatic heterocycles. The van der Waals surface area contributed by atoms with Crippen LogP contribution >= 0.6 is 22.1 Å². The number of nitrogens with zero attached hydrogens (tertiary/aromatic N) is 1. The van der Waals surface area contributed by atoms with Gasteiger partial charge < -0.3 is 4.90 Å². The molecule has 1 aliphatic rings. The fourth-order valence-corrected chi connectivity index (χ4v) is 4.78. The molecule has 3 unspecified atom stereocenters. The van der Waals surface area contributed by atoms with Gasteiger partial charge in [0.1, 0.15) is 0 Å². The van der Waals surface area contributed by atoms with Crippen molar-refractivity contribution < 1.29 is 0 Å². The summed E-state index contributed by atoms with van der Waals surface area (Å²) in [6, 6.07) is 18.0. The molecule has 140 valence electrons. The van der Waals surface area contributed by atoms with Crippen LogP contribution in [-0.4, -0.2) is 36.2 Å². The van der Waals surface area contributed by atoms with Crippen LogP contribution in [0.4, 0.5) is 0 Å². The Kier molecular flexibility index (Phi) is 6.97. The molecule has 0 amide bonds. The molecule has 3 heteroatoms. The lowest BCUT2D eigenvalue weighted by atomic mass is 9.97.